The summed E-state index contributed by atoms with van der Waals surface area (Å²) in [6, 6.07) is 5.86. The fourth-order valence-corrected chi connectivity index (χ4v) is 2.58. The molecule has 2 rings (SSSR count). The number of nitrogens with zero attached hydrogens (tertiary/aromatic N) is 1. The molecule has 1 N–H and O–H groups in total. The maximum Gasteiger partial charge on any atom is 0.253 e. The van der Waals surface area contributed by atoms with E-state index >= 15 is 0 Å². The van der Waals surface area contributed by atoms with Crippen molar-refractivity contribution < 1.29 is 18.3 Å². The number of benzene rings is 1. The molecule has 0 unspecified atom stereocenters. The van der Waals surface area contributed by atoms with Gasteiger partial charge in [-0.05, 0) is 30.7 Å². The number of likely N-dealkylation sites (tertiary alicyclic amines) is 1. The van der Waals surface area contributed by atoms with Crippen LogP contribution in [0.3, 0.4) is 0 Å². The zero-order chi connectivity index (χ0) is 13.3. The number of rotatable bonds is 2. The molecular weight excluding hydrogens is 254 g/mol. The van der Waals surface area contributed by atoms with Crippen LogP contribution in [-0.4, -0.2) is 49.8 Å². The molecule has 1 fully saturated rings. The molecule has 5 nitrogen and oxygen atoms in total. The second kappa shape index (κ2) is 4.70. The molecule has 1 aliphatic heterocycles. The highest BCUT2D eigenvalue weighted by molar-refractivity contribution is 7.90. The van der Waals surface area contributed by atoms with Crippen molar-refractivity contribution in [1.29, 1.82) is 0 Å². The summed E-state index contributed by atoms with van der Waals surface area (Å²) in [6.45, 7) is 0.875. The molecule has 0 spiro atoms. The van der Waals surface area contributed by atoms with Gasteiger partial charge in [-0.25, -0.2) is 8.42 Å². The summed E-state index contributed by atoms with van der Waals surface area (Å²) < 4.78 is 22.6. The third kappa shape index (κ3) is 2.70. The Kier molecular flexibility index (Phi) is 3.41. The van der Waals surface area contributed by atoms with Gasteiger partial charge in [0.2, 0.25) is 0 Å². The molecule has 0 saturated carbocycles. The summed E-state index contributed by atoms with van der Waals surface area (Å²) in [5, 5.41) is 9.37. The highest BCUT2D eigenvalue weighted by atomic mass is 32.2. The van der Waals surface area contributed by atoms with E-state index in [0.29, 0.717) is 25.1 Å². The summed E-state index contributed by atoms with van der Waals surface area (Å²) in [6.07, 6.45) is 1.26. The first-order valence-electron chi connectivity index (χ1n) is 5.65. The second-order valence-electron chi connectivity index (χ2n) is 4.49. The Balaban J connectivity index is 2.17. The first-order chi connectivity index (χ1) is 8.38. The second-order valence-corrected chi connectivity index (χ2v) is 6.51. The molecule has 0 bridgehead atoms. The Hall–Kier alpha value is -1.40. The van der Waals surface area contributed by atoms with Gasteiger partial charge in [-0.3, -0.25) is 4.79 Å². The van der Waals surface area contributed by atoms with Gasteiger partial charge in [0.1, 0.15) is 0 Å². The average molecular weight is 269 g/mol. The lowest BCUT2D eigenvalue weighted by atomic mass is 10.2. The monoisotopic (exact) mass is 269 g/mol. The zero-order valence-electron chi connectivity index (χ0n) is 10.0. The summed E-state index contributed by atoms with van der Waals surface area (Å²) in [5.74, 6) is -0.174. The SMILES string of the molecule is CS(=O)(=O)c1ccc(C(=O)N2CC[C@H](O)C2)cc1. The van der Waals surface area contributed by atoms with Gasteiger partial charge in [-0.15, -0.1) is 0 Å². The molecule has 0 aromatic heterocycles. The van der Waals surface area contributed by atoms with E-state index in [2.05, 4.69) is 0 Å². The first-order valence-corrected chi connectivity index (χ1v) is 7.54. The zero-order valence-corrected chi connectivity index (χ0v) is 10.9. The summed E-state index contributed by atoms with van der Waals surface area (Å²) in [4.78, 5) is 13.8. The minimum absolute atomic E-state index is 0.174. The number of β-amino-alcohol motifs (C(OH)–C–C–N with tert-alkyl or cyclic N) is 1. The predicted octanol–water partition coefficient (Wildman–Crippen LogP) is 0.297. The number of carbonyl (C=O) groups excluding carboxylic acids is 1. The van der Waals surface area contributed by atoms with Crippen molar-refractivity contribution in [2.24, 2.45) is 0 Å². The minimum Gasteiger partial charge on any atom is -0.391 e. The molecule has 0 aliphatic carbocycles. The molecule has 98 valence electrons. The first kappa shape index (κ1) is 13.0. The molecule has 1 atom stereocenters. The number of aliphatic hydroxyl groups is 1. The fourth-order valence-electron chi connectivity index (χ4n) is 1.95. The molecule has 6 heteroatoms. The molecule has 1 aliphatic rings. The number of aliphatic hydroxyl groups excluding tert-OH is 1. The lowest BCUT2D eigenvalue weighted by Crippen LogP contribution is -2.29. The van der Waals surface area contributed by atoms with E-state index in [1.54, 1.807) is 4.90 Å². The van der Waals surface area contributed by atoms with Gasteiger partial charge in [0.15, 0.2) is 9.84 Å². The quantitative estimate of drug-likeness (QED) is 0.837. The van der Waals surface area contributed by atoms with E-state index in [1.807, 2.05) is 0 Å². The third-order valence-electron chi connectivity index (χ3n) is 2.98. The Morgan fingerprint density at radius 3 is 2.39 bits per heavy atom. The van der Waals surface area contributed by atoms with E-state index < -0.39 is 15.9 Å². The van der Waals surface area contributed by atoms with E-state index in [4.69, 9.17) is 0 Å². The van der Waals surface area contributed by atoms with Crippen LogP contribution < -0.4 is 0 Å². The molecule has 0 radical (unpaired) electrons. The van der Waals surface area contributed by atoms with Crippen molar-refractivity contribution in [3.05, 3.63) is 29.8 Å². The van der Waals surface area contributed by atoms with E-state index in [-0.39, 0.29) is 10.8 Å². The van der Waals surface area contributed by atoms with Gasteiger partial charge in [0, 0.05) is 24.9 Å². The van der Waals surface area contributed by atoms with Gasteiger partial charge in [-0.2, -0.15) is 0 Å². The number of carbonyl (C=O) groups is 1. The van der Waals surface area contributed by atoms with Crippen LogP contribution in [0.2, 0.25) is 0 Å². The Bertz CT molecular complexity index is 550. The number of hydrogen-bond donors (Lipinski definition) is 1. The molecular formula is C12H15NO4S. The van der Waals surface area contributed by atoms with Crippen molar-refractivity contribution >= 4 is 15.7 Å². The van der Waals surface area contributed by atoms with Gasteiger partial charge in [0.05, 0.1) is 11.0 Å². The minimum atomic E-state index is -3.24. The average Bonchev–Trinajstić information content (AvgIpc) is 2.74. The molecule has 1 aromatic rings. The number of amides is 1. The maximum absolute atomic E-state index is 12.0. The van der Waals surface area contributed by atoms with Gasteiger partial charge in [-0.1, -0.05) is 0 Å². The highest BCUT2D eigenvalue weighted by Gasteiger charge is 2.25. The van der Waals surface area contributed by atoms with Crippen molar-refractivity contribution in [3.63, 3.8) is 0 Å². The smallest absolute Gasteiger partial charge is 0.253 e. The fraction of sp³-hybridized carbons (Fsp3) is 0.417. The van der Waals surface area contributed by atoms with Gasteiger partial charge < -0.3 is 10.0 Å². The van der Waals surface area contributed by atoms with Gasteiger partial charge >= 0.3 is 0 Å². The van der Waals surface area contributed by atoms with Crippen LogP contribution in [0, 0.1) is 0 Å². The van der Waals surface area contributed by atoms with Crippen molar-refractivity contribution in [2.75, 3.05) is 19.3 Å². The molecule has 1 heterocycles. The predicted molar refractivity (Wildman–Crippen MR) is 66.1 cm³/mol. The van der Waals surface area contributed by atoms with E-state index in [1.165, 1.54) is 24.3 Å². The number of sulfone groups is 1. The standard InChI is InChI=1S/C12H15NO4S/c1-18(16,17)11-4-2-9(3-5-11)12(15)13-7-6-10(14)8-13/h2-5,10,14H,6-8H2,1H3/t10-/m0/s1. The lowest BCUT2D eigenvalue weighted by Gasteiger charge is -2.15. The van der Waals surface area contributed by atoms with Crippen molar-refractivity contribution in [1.82, 2.24) is 4.90 Å². The van der Waals surface area contributed by atoms with Crippen molar-refractivity contribution in [2.45, 2.75) is 17.4 Å². The summed E-state index contributed by atoms with van der Waals surface area (Å²) >= 11 is 0. The maximum atomic E-state index is 12.0. The van der Waals surface area contributed by atoms with Gasteiger partial charge in [0.25, 0.3) is 5.91 Å². The molecule has 1 saturated heterocycles. The lowest BCUT2D eigenvalue weighted by molar-refractivity contribution is 0.0765. The van der Waals surface area contributed by atoms with E-state index in [0.717, 1.165) is 6.26 Å². The van der Waals surface area contributed by atoms with Crippen LogP contribution in [0.5, 0.6) is 0 Å². The Morgan fingerprint density at radius 1 is 1.33 bits per heavy atom. The van der Waals surface area contributed by atoms with Crippen LogP contribution >= 0.6 is 0 Å². The summed E-state index contributed by atoms with van der Waals surface area (Å²) in [5.41, 5.74) is 0.441. The van der Waals surface area contributed by atoms with Crippen LogP contribution in [0.4, 0.5) is 0 Å². The molecule has 1 amide bonds. The van der Waals surface area contributed by atoms with Crippen LogP contribution in [-0.2, 0) is 9.84 Å². The molecule has 1 aromatic carbocycles. The van der Waals surface area contributed by atoms with Crippen molar-refractivity contribution in [3.8, 4) is 0 Å². The topological polar surface area (TPSA) is 74.7 Å². The van der Waals surface area contributed by atoms with Crippen LogP contribution in [0.25, 0.3) is 0 Å². The van der Waals surface area contributed by atoms with Crippen LogP contribution in [0.1, 0.15) is 16.8 Å². The molecule has 18 heavy (non-hydrogen) atoms. The largest absolute Gasteiger partial charge is 0.391 e. The Labute approximate surface area is 106 Å². The normalized spacial score (nSPS) is 20.1. The van der Waals surface area contributed by atoms with Crippen LogP contribution in [0.15, 0.2) is 29.2 Å². The number of hydrogen-bond acceptors (Lipinski definition) is 4. The van der Waals surface area contributed by atoms with E-state index in [9.17, 15) is 18.3 Å². The highest BCUT2D eigenvalue weighted by Crippen LogP contribution is 2.15. The summed E-state index contributed by atoms with van der Waals surface area (Å²) in [7, 11) is -3.24. The Morgan fingerprint density at radius 2 is 1.94 bits per heavy atom. The third-order valence-corrected chi connectivity index (χ3v) is 4.11.